The molecule has 6 heteroatoms. The van der Waals surface area contributed by atoms with Gasteiger partial charge in [-0.3, -0.25) is 14.5 Å². The van der Waals surface area contributed by atoms with E-state index >= 15 is 0 Å². The van der Waals surface area contributed by atoms with Gasteiger partial charge in [-0.15, -0.1) is 0 Å². The minimum atomic E-state index is -0.580. The fourth-order valence-corrected chi connectivity index (χ4v) is 3.98. The number of halogens is 1. The number of amides is 2. The second-order valence-electron chi connectivity index (χ2n) is 8.28. The van der Waals surface area contributed by atoms with Crippen LogP contribution in [-0.4, -0.2) is 47.3 Å². The van der Waals surface area contributed by atoms with Crippen LogP contribution in [0.4, 0.5) is 4.39 Å². The Labute approximate surface area is 176 Å². The van der Waals surface area contributed by atoms with Gasteiger partial charge in [-0.05, 0) is 30.4 Å². The first kappa shape index (κ1) is 20.5. The lowest BCUT2D eigenvalue weighted by Gasteiger charge is -2.36. The van der Waals surface area contributed by atoms with Crippen molar-refractivity contribution in [1.29, 1.82) is 0 Å². The molecule has 158 valence electrons. The molecule has 2 amide bonds. The van der Waals surface area contributed by atoms with Crippen LogP contribution in [0.25, 0.3) is 0 Å². The molecule has 0 spiro atoms. The Kier molecular flexibility index (Phi) is 6.43. The van der Waals surface area contributed by atoms with Crippen molar-refractivity contribution in [3.8, 4) is 0 Å². The molecule has 1 aliphatic heterocycles. The quantitative estimate of drug-likeness (QED) is 0.729. The van der Waals surface area contributed by atoms with E-state index in [0.29, 0.717) is 37.7 Å². The summed E-state index contributed by atoms with van der Waals surface area (Å²) in [5.74, 6) is 0.101. The van der Waals surface area contributed by atoms with Gasteiger partial charge in [0, 0.05) is 38.3 Å². The van der Waals surface area contributed by atoms with Crippen molar-refractivity contribution in [2.45, 2.75) is 38.4 Å². The van der Waals surface area contributed by atoms with E-state index in [4.69, 9.17) is 0 Å². The number of benzene rings is 2. The predicted molar refractivity (Wildman–Crippen MR) is 113 cm³/mol. The summed E-state index contributed by atoms with van der Waals surface area (Å²) in [6.45, 7) is 2.71. The average molecular weight is 410 g/mol. The van der Waals surface area contributed by atoms with Crippen LogP contribution in [0.2, 0.25) is 0 Å². The molecule has 1 heterocycles. The minimum Gasteiger partial charge on any atom is -0.353 e. The Balaban J connectivity index is 1.47. The molecule has 1 saturated heterocycles. The van der Waals surface area contributed by atoms with Crippen molar-refractivity contribution in [1.82, 2.24) is 15.1 Å². The van der Waals surface area contributed by atoms with Gasteiger partial charge in [0.2, 0.25) is 11.8 Å². The molecule has 2 fully saturated rings. The first-order valence-electron chi connectivity index (χ1n) is 10.7. The summed E-state index contributed by atoms with van der Waals surface area (Å²) < 4.78 is 14.1. The second-order valence-corrected chi connectivity index (χ2v) is 8.28. The zero-order chi connectivity index (χ0) is 20.9. The summed E-state index contributed by atoms with van der Waals surface area (Å²) in [7, 11) is 0. The maximum atomic E-state index is 14.1. The van der Waals surface area contributed by atoms with Crippen LogP contribution >= 0.6 is 0 Å². The van der Waals surface area contributed by atoms with Crippen molar-refractivity contribution < 1.29 is 14.0 Å². The maximum Gasteiger partial charge on any atom is 0.237 e. The number of hydrogen-bond donors (Lipinski definition) is 1. The van der Waals surface area contributed by atoms with E-state index in [1.165, 1.54) is 6.07 Å². The standard InChI is InChI=1S/C24H28FN3O2/c25-21-9-5-4-8-20(21)17-27-13-12-26-24(30)22(27)14-23(29)28(16-19-10-11-19)15-18-6-2-1-3-7-18/h1-9,19,22H,10-17H2,(H,26,30). The maximum absolute atomic E-state index is 14.1. The highest BCUT2D eigenvalue weighted by molar-refractivity contribution is 5.88. The van der Waals surface area contributed by atoms with Crippen molar-refractivity contribution in [3.63, 3.8) is 0 Å². The summed E-state index contributed by atoms with van der Waals surface area (Å²) in [5.41, 5.74) is 1.63. The van der Waals surface area contributed by atoms with Gasteiger partial charge in [-0.1, -0.05) is 48.5 Å². The van der Waals surface area contributed by atoms with Crippen LogP contribution in [0, 0.1) is 11.7 Å². The van der Waals surface area contributed by atoms with Gasteiger partial charge in [0.1, 0.15) is 5.82 Å². The number of carbonyl (C=O) groups excluding carboxylic acids is 2. The Morgan fingerprint density at radius 1 is 1.10 bits per heavy atom. The van der Waals surface area contributed by atoms with E-state index in [9.17, 15) is 14.0 Å². The molecule has 1 unspecified atom stereocenters. The number of nitrogens with one attached hydrogen (secondary N) is 1. The van der Waals surface area contributed by atoms with Crippen molar-refractivity contribution in [2.24, 2.45) is 5.92 Å². The smallest absolute Gasteiger partial charge is 0.237 e. The molecule has 0 radical (unpaired) electrons. The molecule has 1 atom stereocenters. The molecule has 1 saturated carbocycles. The molecule has 5 nitrogen and oxygen atoms in total. The van der Waals surface area contributed by atoms with Crippen LogP contribution < -0.4 is 5.32 Å². The van der Waals surface area contributed by atoms with Crippen LogP contribution in [0.15, 0.2) is 54.6 Å². The van der Waals surface area contributed by atoms with E-state index in [1.54, 1.807) is 18.2 Å². The van der Waals surface area contributed by atoms with E-state index < -0.39 is 6.04 Å². The van der Waals surface area contributed by atoms with E-state index in [-0.39, 0.29) is 24.1 Å². The lowest BCUT2D eigenvalue weighted by Crippen LogP contribution is -2.56. The van der Waals surface area contributed by atoms with Gasteiger partial charge < -0.3 is 10.2 Å². The summed E-state index contributed by atoms with van der Waals surface area (Å²) in [6.07, 6.45) is 2.42. The highest BCUT2D eigenvalue weighted by Crippen LogP contribution is 2.30. The lowest BCUT2D eigenvalue weighted by atomic mass is 10.1. The van der Waals surface area contributed by atoms with E-state index in [1.807, 2.05) is 40.1 Å². The van der Waals surface area contributed by atoms with Crippen LogP contribution in [0.1, 0.15) is 30.4 Å². The summed E-state index contributed by atoms with van der Waals surface area (Å²) in [6, 6.07) is 16.0. The molecule has 0 bridgehead atoms. The van der Waals surface area contributed by atoms with Gasteiger partial charge in [0.25, 0.3) is 0 Å². The molecular formula is C24H28FN3O2. The van der Waals surface area contributed by atoms with Gasteiger partial charge in [-0.2, -0.15) is 0 Å². The fraction of sp³-hybridized carbons (Fsp3) is 0.417. The monoisotopic (exact) mass is 409 g/mol. The molecule has 1 N–H and O–H groups in total. The molecule has 1 aliphatic carbocycles. The summed E-state index contributed by atoms with van der Waals surface area (Å²) in [4.78, 5) is 29.7. The molecule has 2 aliphatic rings. The topological polar surface area (TPSA) is 52.7 Å². The Morgan fingerprint density at radius 3 is 2.57 bits per heavy atom. The van der Waals surface area contributed by atoms with Crippen LogP contribution in [0.5, 0.6) is 0 Å². The average Bonchev–Trinajstić information content (AvgIpc) is 3.56. The third-order valence-electron chi connectivity index (χ3n) is 5.89. The van der Waals surface area contributed by atoms with Gasteiger partial charge in [-0.25, -0.2) is 4.39 Å². The molecular weight excluding hydrogens is 381 g/mol. The highest BCUT2D eigenvalue weighted by Gasteiger charge is 2.34. The molecule has 30 heavy (non-hydrogen) atoms. The number of hydrogen-bond acceptors (Lipinski definition) is 3. The lowest BCUT2D eigenvalue weighted by molar-refractivity contribution is -0.139. The first-order chi connectivity index (χ1) is 14.6. The third kappa shape index (κ3) is 5.25. The normalized spacial score (nSPS) is 19.4. The van der Waals surface area contributed by atoms with Crippen molar-refractivity contribution in [2.75, 3.05) is 19.6 Å². The Morgan fingerprint density at radius 2 is 1.83 bits per heavy atom. The van der Waals surface area contributed by atoms with Crippen molar-refractivity contribution in [3.05, 3.63) is 71.5 Å². The zero-order valence-electron chi connectivity index (χ0n) is 17.1. The number of rotatable bonds is 8. The minimum absolute atomic E-state index is 0.0219. The van der Waals surface area contributed by atoms with E-state index in [2.05, 4.69) is 5.32 Å². The number of carbonyl (C=O) groups is 2. The SMILES string of the molecule is O=C1NCCN(Cc2ccccc2F)C1CC(=O)N(Cc1ccccc1)CC1CC1. The molecule has 0 aromatic heterocycles. The largest absolute Gasteiger partial charge is 0.353 e. The number of piperazine rings is 1. The Bertz CT molecular complexity index is 885. The third-order valence-corrected chi connectivity index (χ3v) is 5.89. The molecule has 2 aromatic rings. The van der Waals surface area contributed by atoms with Crippen LogP contribution in [-0.2, 0) is 22.7 Å². The van der Waals surface area contributed by atoms with Gasteiger partial charge in [0.15, 0.2) is 0 Å². The van der Waals surface area contributed by atoms with Crippen molar-refractivity contribution >= 4 is 11.8 Å². The predicted octanol–water partition coefficient (Wildman–Crippen LogP) is 2.96. The second kappa shape index (κ2) is 9.39. The molecule has 4 rings (SSSR count). The van der Waals surface area contributed by atoms with Crippen LogP contribution in [0.3, 0.4) is 0 Å². The Hall–Kier alpha value is -2.73. The summed E-state index contributed by atoms with van der Waals surface area (Å²) in [5, 5.41) is 2.86. The first-order valence-corrected chi connectivity index (χ1v) is 10.7. The summed E-state index contributed by atoms with van der Waals surface area (Å²) >= 11 is 0. The van der Waals surface area contributed by atoms with Gasteiger partial charge in [0.05, 0.1) is 12.5 Å². The fourth-order valence-electron chi connectivity index (χ4n) is 3.98. The van der Waals surface area contributed by atoms with Gasteiger partial charge >= 0.3 is 0 Å². The number of nitrogens with zero attached hydrogens (tertiary/aromatic N) is 2. The molecule has 2 aromatic carbocycles. The highest BCUT2D eigenvalue weighted by atomic mass is 19.1. The van der Waals surface area contributed by atoms with E-state index in [0.717, 1.165) is 24.9 Å². The zero-order valence-corrected chi connectivity index (χ0v) is 17.1.